The molecule has 0 saturated carbocycles. The molecule has 1 atom stereocenters. The number of halogens is 1. The van der Waals surface area contributed by atoms with Gasteiger partial charge >= 0.3 is 0 Å². The van der Waals surface area contributed by atoms with Crippen LogP contribution in [0.3, 0.4) is 0 Å². The predicted molar refractivity (Wildman–Crippen MR) is 111 cm³/mol. The molecule has 1 aromatic carbocycles. The molecule has 2 aromatic rings. The lowest BCUT2D eigenvalue weighted by Crippen LogP contribution is -2.38. The van der Waals surface area contributed by atoms with Crippen LogP contribution in [0.5, 0.6) is 0 Å². The lowest BCUT2D eigenvalue weighted by molar-refractivity contribution is 0.0953. The maximum Gasteiger partial charge on any atom is 0.261 e. The van der Waals surface area contributed by atoms with E-state index in [4.69, 9.17) is 0 Å². The van der Waals surface area contributed by atoms with Gasteiger partial charge in [0, 0.05) is 24.0 Å². The molecule has 3 rings (SSSR count). The van der Waals surface area contributed by atoms with Crippen molar-refractivity contribution in [2.75, 3.05) is 25.9 Å². The minimum absolute atomic E-state index is 0. The van der Waals surface area contributed by atoms with E-state index in [-0.39, 0.29) is 24.4 Å². The number of sulfonamides is 1. The van der Waals surface area contributed by atoms with E-state index < -0.39 is 10.0 Å². The molecule has 1 aliphatic heterocycles. The van der Waals surface area contributed by atoms with Crippen molar-refractivity contribution < 1.29 is 13.2 Å². The Morgan fingerprint density at radius 2 is 2.04 bits per heavy atom. The molecule has 0 radical (unpaired) electrons. The third-order valence-electron chi connectivity index (χ3n) is 4.30. The molecule has 148 valence electrons. The standard InChI is InChI=1S/C18H23N3O3S2.ClH/c1-26(23,24)21-11-9-14-6-7-17(25-14)18(22)20-12-16-15-5-3-2-4-13(15)8-10-19-16;/h2-7,16,19,21H,8-12H2,1H3,(H,20,22);1H. The highest BCUT2D eigenvalue weighted by atomic mass is 35.5. The van der Waals surface area contributed by atoms with Gasteiger partial charge in [-0.2, -0.15) is 0 Å². The molecule has 1 unspecified atom stereocenters. The van der Waals surface area contributed by atoms with E-state index in [0.29, 0.717) is 24.4 Å². The van der Waals surface area contributed by atoms with E-state index in [2.05, 4.69) is 27.5 Å². The molecule has 0 aliphatic carbocycles. The van der Waals surface area contributed by atoms with E-state index in [1.165, 1.54) is 22.5 Å². The van der Waals surface area contributed by atoms with Gasteiger partial charge in [-0.15, -0.1) is 23.7 Å². The summed E-state index contributed by atoms with van der Waals surface area (Å²) in [4.78, 5) is 14.0. The maximum atomic E-state index is 12.4. The lowest BCUT2D eigenvalue weighted by atomic mass is 9.94. The normalized spacial score (nSPS) is 16.3. The van der Waals surface area contributed by atoms with Crippen LogP contribution in [-0.2, 0) is 22.9 Å². The summed E-state index contributed by atoms with van der Waals surface area (Å²) in [5.74, 6) is -0.0952. The van der Waals surface area contributed by atoms with E-state index >= 15 is 0 Å². The molecule has 1 amide bonds. The van der Waals surface area contributed by atoms with Crippen LogP contribution < -0.4 is 15.4 Å². The highest BCUT2D eigenvalue weighted by Crippen LogP contribution is 2.22. The topological polar surface area (TPSA) is 87.3 Å². The molecule has 0 spiro atoms. The number of nitrogens with one attached hydrogen (secondary N) is 3. The Balaban J connectivity index is 0.00000261. The van der Waals surface area contributed by atoms with E-state index in [0.717, 1.165) is 24.1 Å². The second kappa shape index (κ2) is 9.66. The van der Waals surface area contributed by atoms with Gasteiger partial charge in [0.1, 0.15) is 0 Å². The van der Waals surface area contributed by atoms with Gasteiger partial charge in [0.15, 0.2) is 0 Å². The largest absolute Gasteiger partial charge is 0.349 e. The van der Waals surface area contributed by atoms with Gasteiger partial charge < -0.3 is 10.6 Å². The molecule has 0 bridgehead atoms. The van der Waals surface area contributed by atoms with Crippen molar-refractivity contribution >= 4 is 39.7 Å². The highest BCUT2D eigenvalue weighted by Gasteiger charge is 2.20. The van der Waals surface area contributed by atoms with Crippen LogP contribution in [0.4, 0.5) is 0 Å². The smallest absolute Gasteiger partial charge is 0.261 e. The Morgan fingerprint density at radius 1 is 1.26 bits per heavy atom. The zero-order chi connectivity index (χ0) is 18.6. The van der Waals surface area contributed by atoms with Crippen LogP contribution in [0.15, 0.2) is 36.4 Å². The summed E-state index contributed by atoms with van der Waals surface area (Å²) in [5, 5.41) is 6.45. The molecular formula is C18H24ClN3O3S2. The number of hydrogen-bond donors (Lipinski definition) is 3. The number of fused-ring (bicyclic) bond motifs is 1. The minimum Gasteiger partial charge on any atom is -0.349 e. The Morgan fingerprint density at radius 3 is 2.81 bits per heavy atom. The minimum atomic E-state index is -3.18. The van der Waals surface area contributed by atoms with Gasteiger partial charge in [-0.05, 0) is 42.6 Å². The predicted octanol–water partition coefficient (Wildman–Crippen LogP) is 1.88. The zero-order valence-corrected chi connectivity index (χ0v) is 17.5. The van der Waals surface area contributed by atoms with Gasteiger partial charge in [-0.1, -0.05) is 24.3 Å². The number of hydrogen-bond acceptors (Lipinski definition) is 5. The first-order valence-corrected chi connectivity index (χ1v) is 11.3. The van der Waals surface area contributed by atoms with E-state index in [9.17, 15) is 13.2 Å². The quantitative estimate of drug-likeness (QED) is 0.627. The first-order chi connectivity index (χ1) is 12.4. The van der Waals surface area contributed by atoms with Crippen LogP contribution >= 0.6 is 23.7 Å². The zero-order valence-electron chi connectivity index (χ0n) is 15.0. The molecule has 6 nitrogen and oxygen atoms in total. The Labute approximate surface area is 170 Å². The average Bonchev–Trinajstić information content (AvgIpc) is 3.07. The molecule has 9 heteroatoms. The highest BCUT2D eigenvalue weighted by molar-refractivity contribution is 7.88. The van der Waals surface area contributed by atoms with Crippen molar-refractivity contribution in [3.63, 3.8) is 0 Å². The van der Waals surface area contributed by atoms with E-state index in [1.54, 1.807) is 6.07 Å². The summed E-state index contributed by atoms with van der Waals surface area (Å²) in [6.45, 7) is 1.79. The summed E-state index contributed by atoms with van der Waals surface area (Å²) in [6, 6.07) is 12.1. The van der Waals surface area contributed by atoms with Crippen LogP contribution in [0, 0.1) is 0 Å². The monoisotopic (exact) mass is 429 g/mol. The van der Waals surface area contributed by atoms with Crippen molar-refractivity contribution in [3.8, 4) is 0 Å². The molecule has 0 fully saturated rings. The van der Waals surface area contributed by atoms with Crippen molar-refractivity contribution in [1.82, 2.24) is 15.4 Å². The summed E-state index contributed by atoms with van der Waals surface area (Å²) in [5.41, 5.74) is 2.58. The molecule has 1 aliphatic rings. The van der Waals surface area contributed by atoms with Crippen LogP contribution in [-0.4, -0.2) is 40.2 Å². The third kappa shape index (κ3) is 6.29. The first kappa shape index (κ1) is 21.8. The Bertz CT molecular complexity index is 883. The second-order valence-electron chi connectivity index (χ2n) is 6.35. The van der Waals surface area contributed by atoms with Gasteiger partial charge in [0.2, 0.25) is 10.0 Å². The fourth-order valence-electron chi connectivity index (χ4n) is 3.05. The fraction of sp³-hybridized carbons (Fsp3) is 0.389. The number of rotatable bonds is 7. The molecule has 2 heterocycles. The number of benzene rings is 1. The summed E-state index contributed by atoms with van der Waals surface area (Å²) in [6.07, 6.45) is 2.72. The number of carbonyl (C=O) groups excluding carboxylic acids is 1. The van der Waals surface area contributed by atoms with Gasteiger partial charge in [0.25, 0.3) is 5.91 Å². The van der Waals surface area contributed by atoms with E-state index in [1.807, 2.05) is 18.2 Å². The molecule has 27 heavy (non-hydrogen) atoms. The lowest BCUT2D eigenvalue weighted by Gasteiger charge is -2.27. The fourth-order valence-corrected chi connectivity index (χ4v) is 4.45. The van der Waals surface area contributed by atoms with Crippen molar-refractivity contribution in [3.05, 3.63) is 57.3 Å². The molecule has 3 N–H and O–H groups in total. The Kier molecular flexibility index (Phi) is 7.81. The SMILES string of the molecule is CS(=O)(=O)NCCc1ccc(C(=O)NCC2NCCc3ccccc32)s1.Cl. The first-order valence-electron chi connectivity index (χ1n) is 8.55. The molecular weight excluding hydrogens is 406 g/mol. The maximum absolute atomic E-state index is 12.4. The van der Waals surface area contributed by atoms with Gasteiger partial charge in [-0.3, -0.25) is 4.79 Å². The van der Waals surface area contributed by atoms with Crippen molar-refractivity contribution in [2.24, 2.45) is 0 Å². The van der Waals surface area contributed by atoms with Crippen LogP contribution in [0.2, 0.25) is 0 Å². The molecule has 0 saturated heterocycles. The average molecular weight is 430 g/mol. The van der Waals surface area contributed by atoms with Gasteiger partial charge in [-0.25, -0.2) is 13.1 Å². The van der Waals surface area contributed by atoms with Crippen molar-refractivity contribution in [1.29, 1.82) is 0 Å². The number of thiophene rings is 1. The Hall–Kier alpha value is -1.45. The third-order valence-corrected chi connectivity index (χ3v) is 6.18. The van der Waals surface area contributed by atoms with Gasteiger partial charge in [0.05, 0.1) is 11.1 Å². The van der Waals surface area contributed by atoms with Crippen LogP contribution in [0.25, 0.3) is 0 Å². The van der Waals surface area contributed by atoms with Crippen LogP contribution in [0.1, 0.15) is 31.7 Å². The molecule has 1 aromatic heterocycles. The summed E-state index contributed by atoms with van der Waals surface area (Å²) in [7, 11) is -3.18. The number of amides is 1. The summed E-state index contributed by atoms with van der Waals surface area (Å²) < 4.78 is 24.6. The second-order valence-corrected chi connectivity index (χ2v) is 9.35. The van der Waals surface area contributed by atoms with Crippen molar-refractivity contribution in [2.45, 2.75) is 18.9 Å². The number of carbonyl (C=O) groups is 1. The summed E-state index contributed by atoms with van der Waals surface area (Å²) >= 11 is 1.40.